The van der Waals surface area contributed by atoms with Crippen molar-refractivity contribution >= 4 is 46.3 Å². The van der Waals surface area contributed by atoms with E-state index in [4.69, 9.17) is 16.3 Å². The number of amides is 1. The fourth-order valence-electron chi connectivity index (χ4n) is 1.91. The Morgan fingerprint density at radius 1 is 1.28 bits per heavy atom. The summed E-state index contributed by atoms with van der Waals surface area (Å²) >= 11 is 7.12. The topological polar surface area (TPSA) is 72.5 Å². The van der Waals surface area contributed by atoms with Crippen LogP contribution in [0.3, 0.4) is 0 Å². The van der Waals surface area contributed by atoms with Gasteiger partial charge in [0.2, 0.25) is 0 Å². The molecule has 25 heavy (non-hydrogen) atoms. The van der Waals surface area contributed by atoms with Crippen LogP contribution in [0.1, 0.15) is 29.4 Å². The van der Waals surface area contributed by atoms with E-state index in [0.717, 1.165) is 12.1 Å². The third-order valence-corrected chi connectivity index (χ3v) is 4.44. The third-order valence-electron chi connectivity index (χ3n) is 3.22. The summed E-state index contributed by atoms with van der Waals surface area (Å²) in [5.41, 5.74) is 0.212. The monoisotopic (exact) mass is 383 g/mol. The first-order valence-corrected chi connectivity index (χ1v) is 8.64. The number of hydrogen-bond acceptors (Lipinski definition) is 5. The smallest absolute Gasteiger partial charge is 0.307 e. The molecule has 132 valence electrons. The predicted molar refractivity (Wildman–Crippen MR) is 93.5 cm³/mol. The highest BCUT2D eigenvalue weighted by molar-refractivity contribution is 7.12. The average molecular weight is 384 g/mol. The number of anilines is 1. The third kappa shape index (κ3) is 5.65. The summed E-state index contributed by atoms with van der Waals surface area (Å²) in [4.78, 5) is 36.2. The molecule has 0 saturated heterocycles. The lowest BCUT2D eigenvalue weighted by atomic mass is 10.2. The molecule has 0 aliphatic carbocycles. The number of Topliss-reactive ketones (excluding diaryl/α,β-unsaturated/α-hetero) is 1. The van der Waals surface area contributed by atoms with Gasteiger partial charge in [-0.3, -0.25) is 14.4 Å². The van der Waals surface area contributed by atoms with Crippen molar-refractivity contribution < 1.29 is 23.5 Å². The molecule has 0 saturated carbocycles. The lowest BCUT2D eigenvalue weighted by Gasteiger charge is -2.14. The molecule has 2 rings (SSSR count). The van der Waals surface area contributed by atoms with Gasteiger partial charge < -0.3 is 10.1 Å². The second kappa shape index (κ2) is 8.73. The minimum absolute atomic E-state index is 0.0114. The van der Waals surface area contributed by atoms with Gasteiger partial charge in [0, 0.05) is 6.42 Å². The Bertz CT molecular complexity index is 779. The van der Waals surface area contributed by atoms with Crippen molar-refractivity contribution in [1.82, 2.24) is 0 Å². The van der Waals surface area contributed by atoms with Crippen LogP contribution in [0, 0.1) is 5.82 Å². The van der Waals surface area contributed by atoms with Crippen molar-refractivity contribution in [3.05, 3.63) is 51.4 Å². The standard InChI is InChI=1S/C17H15ClFNO4S/c1-10(17(23)20-13-5-4-11(19)9-12(13)18)24-16(22)7-6-14(21)15-3-2-8-25-15/h2-5,8-10H,6-7H2,1H3,(H,20,23)/t10-/m0/s1. The van der Waals surface area contributed by atoms with Gasteiger partial charge in [0.15, 0.2) is 11.9 Å². The van der Waals surface area contributed by atoms with Crippen molar-refractivity contribution in [1.29, 1.82) is 0 Å². The molecular formula is C17H15ClFNO4S. The molecule has 0 radical (unpaired) electrons. The van der Waals surface area contributed by atoms with E-state index >= 15 is 0 Å². The summed E-state index contributed by atoms with van der Waals surface area (Å²) in [6, 6.07) is 6.95. The highest BCUT2D eigenvalue weighted by Crippen LogP contribution is 2.22. The number of benzene rings is 1. The minimum atomic E-state index is -1.08. The second-order valence-corrected chi connectivity index (χ2v) is 6.50. The number of hydrogen-bond donors (Lipinski definition) is 1. The van der Waals surface area contributed by atoms with E-state index in [1.165, 1.54) is 24.3 Å². The van der Waals surface area contributed by atoms with Crippen molar-refractivity contribution in [3.63, 3.8) is 0 Å². The van der Waals surface area contributed by atoms with E-state index in [-0.39, 0.29) is 29.3 Å². The molecule has 8 heteroatoms. The van der Waals surface area contributed by atoms with Gasteiger partial charge >= 0.3 is 5.97 Å². The van der Waals surface area contributed by atoms with Gasteiger partial charge in [-0.1, -0.05) is 17.7 Å². The number of rotatable bonds is 7. The normalized spacial score (nSPS) is 11.6. The molecule has 1 atom stereocenters. The van der Waals surface area contributed by atoms with E-state index in [1.54, 1.807) is 17.5 Å². The number of nitrogens with one attached hydrogen (secondary N) is 1. The number of halogens is 2. The maximum Gasteiger partial charge on any atom is 0.307 e. The van der Waals surface area contributed by atoms with E-state index in [1.807, 2.05) is 0 Å². The molecule has 0 spiro atoms. The highest BCUT2D eigenvalue weighted by atomic mass is 35.5. The molecule has 1 N–H and O–H groups in total. The van der Waals surface area contributed by atoms with E-state index in [2.05, 4.69) is 5.32 Å². The number of ether oxygens (including phenoxy) is 1. The quantitative estimate of drug-likeness (QED) is 0.577. The lowest BCUT2D eigenvalue weighted by molar-refractivity contribution is -0.153. The summed E-state index contributed by atoms with van der Waals surface area (Å²) < 4.78 is 18.0. The molecule has 2 aromatic rings. The number of esters is 1. The Morgan fingerprint density at radius 3 is 2.68 bits per heavy atom. The minimum Gasteiger partial charge on any atom is -0.453 e. The van der Waals surface area contributed by atoms with Gasteiger partial charge in [0.05, 0.1) is 22.0 Å². The maximum atomic E-state index is 13.0. The zero-order chi connectivity index (χ0) is 18.4. The molecule has 0 unspecified atom stereocenters. The molecule has 1 aromatic heterocycles. The molecule has 0 aliphatic heterocycles. The van der Waals surface area contributed by atoms with Crippen molar-refractivity contribution in [2.24, 2.45) is 0 Å². The number of carbonyl (C=O) groups excluding carboxylic acids is 3. The molecule has 5 nitrogen and oxygen atoms in total. The van der Waals surface area contributed by atoms with Crippen molar-refractivity contribution in [2.75, 3.05) is 5.32 Å². The second-order valence-electron chi connectivity index (χ2n) is 5.15. The van der Waals surface area contributed by atoms with E-state index < -0.39 is 23.8 Å². The Morgan fingerprint density at radius 2 is 2.04 bits per heavy atom. The summed E-state index contributed by atoms with van der Waals surface area (Å²) in [5, 5.41) is 4.26. The van der Waals surface area contributed by atoms with Crippen LogP contribution in [-0.4, -0.2) is 23.8 Å². The Balaban J connectivity index is 1.81. The number of thiophene rings is 1. The van der Waals surface area contributed by atoms with Gasteiger partial charge in [-0.15, -0.1) is 11.3 Å². The van der Waals surface area contributed by atoms with Crippen LogP contribution in [0.2, 0.25) is 5.02 Å². The van der Waals surface area contributed by atoms with Crippen molar-refractivity contribution in [2.45, 2.75) is 25.9 Å². The van der Waals surface area contributed by atoms with E-state index in [0.29, 0.717) is 4.88 Å². The maximum absolute atomic E-state index is 13.0. The fourth-order valence-corrected chi connectivity index (χ4v) is 2.82. The van der Waals surface area contributed by atoms with Gasteiger partial charge in [0.25, 0.3) is 5.91 Å². The largest absolute Gasteiger partial charge is 0.453 e. The van der Waals surface area contributed by atoms with Crippen LogP contribution >= 0.6 is 22.9 Å². The van der Waals surface area contributed by atoms with Crippen LogP contribution in [0.5, 0.6) is 0 Å². The van der Waals surface area contributed by atoms with Crippen LogP contribution in [0.25, 0.3) is 0 Å². The zero-order valence-electron chi connectivity index (χ0n) is 13.3. The number of carbonyl (C=O) groups is 3. The highest BCUT2D eigenvalue weighted by Gasteiger charge is 2.20. The van der Waals surface area contributed by atoms with Crippen LogP contribution in [-0.2, 0) is 14.3 Å². The first kappa shape index (κ1) is 19.1. The SMILES string of the molecule is C[C@H](OC(=O)CCC(=O)c1cccs1)C(=O)Nc1ccc(F)cc1Cl. The summed E-state index contributed by atoms with van der Waals surface area (Å²) in [5.74, 6) is -1.94. The molecule has 0 bridgehead atoms. The Kier molecular flexibility index (Phi) is 6.66. The number of ketones is 1. The molecular weight excluding hydrogens is 369 g/mol. The summed E-state index contributed by atoms with van der Waals surface area (Å²) in [6.45, 7) is 1.39. The average Bonchev–Trinajstić information content (AvgIpc) is 3.09. The van der Waals surface area contributed by atoms with Crippen LogP contribution in [0.4, 0.5) is 10.1 Å². The van der Waals surface area contributed by atoms with Crippen LogP contribution in [0.15, 0.2) is 35.7 Å². The Hall–Kier alpha value is -2.25. The Labute approximate surface area is 152 Å². The van der Waals surface area contributed by atoms with Crippen LogP contribution < -0.4 is 5.32 Å². The summed E-state index contributed by atoms with van der Waals surface area (Å²) in [6.07, 6.45) is -1.19. The van der Waals surface area contributed by atoms with Gasteiger partial charge in [0.1, 0.15) is 5.82 Å². The van der Waals surface area contributed by atoms with E-state index in [9.17, 15) is 18.8 Å². The first-order chi connectivity index (χ1) is 11.9. The lowest BCUT2D eigenvalue weighted by Crippen LogP contribution is -2.30. The molecule has 1 heterocycles. The zero-order valence-corrected chi connectivity index (χ0v) is 14.8. The van der Waals surface area contributed by atoms with Gasteiger partial charge in [-0.05, 0) is 36.6 Å². The molecule has 0 fully saturated rings. The fraction of sp³-hybridized carbons (Fsp3) is 0.235. The van der Waals surface area contributed by atoms with Gasteiger partial charge in [-0.25, -0.2) is 4.39 Å². The molecule has 1 aromatic carbocycles. The predicted octanol–water partition coefficient (Wildman–Crippen LogP) is 4.07. The molecule has 1 amide bonds. The van der Waals surface area contributed by atoms with Gasteiger partial charge in [-0.2, -0.15) is 0 Å². The van der Waals surface area contributed by atoms with Crippen molar-refractivity contribution in [3.8, 4) is 0 Å². The molecule has 0 aliphatic rings. The summed E-state index contributed by atoms with van der Waals surface area (Å²) in [7, 11) is 0. The first-order valence-electron chi connectivity index (χ1n) is 7.39.